The van der Waals surface area contributed by atoms with Crippen molar-refractivity contribution in [3.63, 3.8) is 0 Å². The molecular weight excluding hydrogens is 371 g/mol. The molecule has 1 aliphatic rings. The van der Waals surface area contributed by atoms with Crippen LogP contribution in [-0.2, 0) is 16.1 Å². The standard InChI is InChI=1S/C18H19FN4O3S/c1-11(2)8-22-16(25)10-27-14-7-20-23(18(26)17(14)22)9-15(24)21-13-6-4-3-5-12(13)19/h3-7,11H,8-10H2,1-2H3,(H,21,24). The Kier molecular flexibility index (Phi) is 5.59. The number of amides is 2. The number of nitrogens with one attached hydrogen (secondary N) is 1. The van der Waals surface area contributed by atoms with Gasteiger partial charge in [0.15, 0.2) is 0 Å². The Morgan fingerprint density at radius 2 is 2.07 bits per heavy atom. The predicted octanol–water partition coefficient (Wildman–Crippen LogP) is 2.12. The van der Waals surface area contributed by atoms with Gasteiger partial charge in [-0.1, -0.05) is 26.0 Å². The number of para-hydroxylation sites is 1. The number of anilines is 2. The lowest BCUT2D eigenvalue weighted by Crippen LogP contribution is -2.44. The first kappa shape index (κ1) is 19.1. The van der Waals surface area contributed by atoms with Crippen LogP contribution in [0.3, 0.4) is 0 Å². The number of carbonyl (C=O) groups excluding carboxylic acids is 2. The van der Waals surface area contributed by atoms with Gasteiger partial charge in [0.1, 0.15) is 18.0 Å². The highest BCUT2D eigenvalue weighted by atomic mass is 32.2. The van der Waals surface area contributed by atoms with E-state index in [-0.39, 0.29) is 35.5 Å². The molecule has 9 heteroatoms. The van der Waals surface area contributed by atoms with Gasteiger partial charge in [-0.05, 0) is 18.1 Å². The molecule has 3 rings (SSSR count). The smallest absolute Gasteiger partial charge is 0.292 e. The van der Waals surface area contributed by atoms with E-state index in [4.69, 9.17) is 0 Å². The summed E-state index contributed by atoms with van der Waals surface area (Å²) in [7, 11) is 0. The number of aromatic nitrogens is 2. The van der Waals surface area contributed by atoms with E-state index in [1.807, 2.05) is 13.8 Å². The van der Waals surface area contributed by atoms with Gasteiger partial charge in [0.2, 0.25) is 11.8 Å². The Morgan fingerprint density at radius 1 is 1.33 bits per heavy atom. The molecule has 2 heterocycles. The molecule has 142 valence electrons. The fraction of sp³-hybridized carbons (Fsp3) is 0.333. The fourth-order valence-corrected chi connectivity index (χ4v) is 3.61. The highest BCUT2D eigenvalue weighted by molar-refractivity contribution is 8.00. The van der Waals surface area contributed by atoms with E-state index in [1.165, 1.54) is 41.1 Å². The summed E-state index contributed by atoms with van der Waals surface area (Å²) >= 11 is 1.26. The Balaban J connectivity index is 1.86. The second-order valence-corrected chi connectivity index (χ2v) is 7.55. The largest absolute Gasteiger partial charge is 0.322 e. The number of nitrogens with zero attached hydrogens (tertiary/aromatic N) is 3. The van der Waals surface area contributed by atoms with Crippen molar-refractivity contribution < 1.29 is 14.0 Å². The SMILES string of the molecule is CC(C)CN1C(=O)CSc2cnn(CC(=O)Nc3ccccc3F)c(=O)c21. The first-order valence-electron chi connectivity index (χ1n) is 8.44. The van der Waals surface area contributed by atoms with Gasteiger partial charge < -0.3 is 10.2 Å². The highest BCUT2D eigenvalue weighted by Crippen LogP contribution is 2.32. The molecule has 2 aromatic rings. The van der Waals surface area contributed by atoms with Gasteiger partial charge in [0, 0.05) is 6.54 Å². The van der Waals surface area contributed by atoms with E-state index < -0.39 is 17.3 Å². The van der Waals surface area contributed by atoms with Gasteiger partial charge in [-0.3, -0.25) is 14.4 Å². The average Bonchev–Trinajstić information content (AvgIpc) is 2.61. The van der Waals surface area contributed by atoms with Crippen molar-refractivity contribution in [3.8, 4) is 0 Å². The summed E-state index contributed by atoms with van der Waals surface area (Å²) in [5, 5.41) is 6.44. The van der Waals surface area contributed by atoms with Crippen LogP contribution < -0.4 is 15.8 Å². The van der Waals surface area contributed by atoms with Crippen LogP contribution in [0.5, 0.6) is 0 Å². The number of benzene rings is 1. The maximum atomic E-state index is 13.7. The zero-order chi connectivity index (χ0) is 19.6. The number of hydrogen-bond acceptors (Lipinski definition) is 5. The minimum Gasteiger partial charge on any atom is -0.322 e. The maximum absolute atomic E-state index is 13.7. The van der Waals surface area contributed by atoms with E-state index in [9.17, 15) is 18.8 Å². The third-order valence-corrected chi connectivity index (χ3v) is 4.90. The van der Waals surface area contributed by atoms with Crippen LogP contribution in [0, 0.1) is 11.7 Å². The second kappa shape index (κ2) is 7.91. The lowest BCUT2D eigenvalue weighted by Gasteiger charge is -2.29. The molecule has 2 amide bonds. The van der Waals surface area contributed by atoms with Gasteiger partial charge in [-0.2, -0.15) is 5.10 Å². The summed E-state index contributed by atoms with van der Waals surface area (Å²) in [6.45, 7) is 3.94. The summed E-state index contributed by atoms with van der Waals surface area (Å²) in [4.78, 5) is 39.4. The van der Waals surface area contributed by atoms with E-state index in [2.05, 4.69) is 10.4 Å². The molecule has 1 aliphatic heterocycles. The van der Waals surface area contributed by atoms with Crippen LogP contribution in [0.2, 0.25) is 0 Å². The zero-order valence-corrected chi connectivity index (χ0v) is 15.8. The monoisotopic (exact) mass is 390 g/mol. The summed E-state index contributed by atoms with van der Waals surface area (Å²) in [5.74, 6) is -0.873. The number of thioether (sulfide) groups is 1. The minimum atomic E-state index is -0.583. The molecule has 0 fully saturated rings. The highest BCUT2D eigenvalue weighted by Gasteiger charge is 2.29. The summed E-state index contributed by atoms with van der Waals surface area (Å²) in [6, 6.07) is 5.76. The predicted molar refractivity (Wildman–Crippen MR) is 101 cm³/mol. The van der Waals surface area contributed by atoms with Crippen LogP contribution in [0.4, 0.5) is 15.8 Å². The molecule has 0 saturated heterocycles. The van der Waals surface area contributed by atoms with Gasteiger partial charge in [0.05, 0.1) is 22.5 Å². The average molecular weight is 390 g/mol. The molecule has 0 aliphatic carbocycles. The van der Waals surface area contributed by atoms with Crippen molar-refractivity contribution in [3.05, 3.63) is 46.6 Å². The first-order chi connectivity index (χ1) is 12.9. The van der Waals surface area contributed by atoms with Crippen molar-refractivity contribution in [2.45, 2.75) is 25.3 Å². The molecule has 1 N–H and O–H groups in total. The molecule has 0 atom stereocenters. The van der Waals surface area contributed by atoms with E-state index in [0.29, 0.717) is 11.4 Å². The number of hydrogen-bond donors (Lipinski definition) is 1. The van der Waals surface area contributed by atoms with E-state index >= 15 is 0 Å². The maximum Gasteiger partial charge on any atom is 0.292 e. The van der Waals surface area contributed by atoms with Gasteiger partial charge >= 0.3 is 0 Å². The van der Waals surface area contributed by atoms with Crippen LogP contribution in [-0.4, -0.2) is 33.9 Å². The Morgan fingerprint density at radius 3 is 2.78 bits per heavy atom. The van der Waals surface area contributed by atoms with Gasteiger partial charge in [-0.25, -0.2) is 9.07 Å². The third-order valence-electron chi connectivity index (χ3n) is 3.90. The van der Waals surface area contributed by atoms with Crippen LogP contribution >= 0.6 is 11.8 Å². The summed E-state index contributed by atoms with van der Waals surface area (Å²) in [5.41, 5.74) is -0.239. The molecule has 1 aromatic carbocycles. The fourth-order valence-electron chi connectivity index (χ4n) is 2.72. The molecule has 0 unspecified atom stereocenters. The van der Waals surface area contributed by atoms with Crippen molar-refractivity contribution in [2.24, 2.45) is 5.92 Å². The van der Waals surface area contributed by atoms with Crippen molar-refractivity contribution >= 4 is 35.0 Å². The van der Waals surface area contributed by atoms with E-state index in [0.717, 1.165) is 4.68 Å². The molecule has 0 spiro atoms. The number of carbonyl (C=O) groups is 2. The van der Waals surface area contributed by atoms with Gasteiger partial charge in [0.25, 0.3) is 5.56 Å². The van der Waals surface area contributed by atoms with Crippen LogP contribution in [0.1, 0.15) is 13.8 Å². The molecule has 27 heavy (non-hydrogen) atoms. The lowest BCUT2D eigenvalue weighted by atomic mass is 10.2. The molecule has 0 radical (unpaired) electrons. The minimum absolute atomic E-state index is 0.0284. The summed E-state index contributed by atoms with van der Waals surface area (Å²) in [6.07, 6.45) is 1.48. The van der Waals surface area contributed by atoms with Gasteiger partial charge in [-0.15, -0.1) is 11.8 Å². The Hall–Kier alpha value is -2.68. The van der Waals surface area contributed by atoms with Crippen molar-refractivity contribution in [2.75, 3.05) is 22.5 Å². The van der Waals surface area contributed by atoms with Crippen molar-refractivity contribution in [1.82, 2.24) is 9.78 Å². The summed E-state index contributed by atoms with van der Waals surface area (Å²) < 4.78 is 14.7. The molecule has 0 bridgehead atoms. The zero-order valence-electron chi connectivity index (χ0n) is 14.9. The van der Waals surface area contributed by atoms with Crippen LogP contribution in [0.25, 0.3) is 0 Å². The lowest BCUT2D eigenvalue weighted by molar-refractivity contribution is -0.117. The molecule has 1 aromatic heterocycles. The number of rotatable bonds is 5. The Bertz CT molecular complexity index is 944. The first-order valence-corrected chi connectivity index (χ1v) is 9.43. The second-order valence-electron chi connectivity index (χ2n) is 6.54. The quantitative estimate of drug-likeness (QED) is 0.845. The normalized spacial score (nSPS) is 13.6. The third kappa shape index (κ3) is 4.19. The van der Waals surface area contributed by atoms with Crippen LogP contribution in [0.15, 0.2) is 40.2 Å². The molecule has 0 saturated carbocycles. The van der Waals surface area contributed by atoms with E-state index in [1.54, 1.807) is 6.07 Å². The number of halogens is 1. The molecule has 7 nitrogen and oxygen atoms in total. The topological polar surface area (TPSA) is 84.3 Å². The van der Waals surface area contributed by atoms with Crippen molar-refractivity contribution in [1.29, 1.82) is 0 Å². The molecular formula is C18H19FN4O3S. The Labute approximate surface area is 159 Å². The number of fused-ring (bicyclic) bond motifs is 1.